The van der Waals surface area contributed by atoms with Crippen LogP contribution in [0.3, 0.4) is 0 Å². The first-order valence-electron chi connectivity index (χ1n) is 20.9. The Morgan fingerprint density at radius 2 is 1.60 bits per heavy atom. The molecule has 0 radical (unpaired) electrons. The van der Waals surface area contributed by atoms with E-state index >= 15 is 0 Å². The van der Waals surface area contributed by atoms with Gasteiger partial charge in [0.15, 0.2) is 16.6 Å². The first kappa shape index (κ1) is 43.9. The number of carbonyl (C=O) groups is 1. The Morgan fingerprint density at radius 3 is 2.19 bits per heavy atom. The topological polar surface area (TPSA) is 117 Å². The van der Waals surface area contributed by atoms with Crippen LogP contribution >= 0.6 is 0 Å². The molecule has 1 aromatic carbocycles. The highest BCUT2D eigenvalue weighted by molar-refractivity contribution is 7.84. The fourth-order valence-corrected chi connectivity index (χ4v) is 16.2. The van der Waals surface area contributed by atoms with Crippen molar-refractivity contribution in [3.8, 4) is 5.69 Å². The van der Waals surface area contributed by atoms with Gasteiger partial charge in [-0.3, -0.25) is 9.00 Å². The van der Waals surface area contributed by atoms with Crippen LogP contribution in [-0.4, -0.2) is 76.7 Å². The number of hydrogen-bond acceptors (Lipinski definition) is 8. The van der Waals surface area contributed by atoms with Crippen LogP contribution in [0.5, 0.6) is 0 Å². The lowest BCUT2D eigenvalue weighted by molar-refractivity contribution is -0.264. The molecule has 4 rings (SSSR count). The number of amides is 1. The van der Waals surface area contributed by atoms with E-state index in [1.54, 1.807) is 4.68 Å². The Balaban J connectivity index is 1.62. The summed E-state index contributed by atoms with van der Waals surface area (Å²) >= 11 is 0. The molecule has 2 fully saturated rings. The largest absolute Gasteiger partial charge is 0.414 e. The molecule has 2 aliphatic heterocycles. The second kappa shape index (κ2) is 19.4. The van der Waals surface area contributed by atoms with Gasteiger partial charge in [-0.1, -0.05) is 99.5 Å². The number of nitrogens with zero attached hydrogens (tertiary/aromatic N) is 4. The summed E-state index contributed by atoms with van der Waals surface area (Å²) in [5, 5.41) is 16.0. The average molecular weight is 790 g/mol. The molecular formula is C40H71N5O5SSi2. The molecule has 53 heavy (non-hydrogen) atoms. The molecule has 1 aromatic heterocycles. The molecule has 13 heteroatoms. The summed E-state index contributed by atoms with van der Waals surface area (Å²) in [6, 6.07) is 16.0. The van der Waals surface area contributed by atoms with Crippen LogP contribution in [0.15, 0.2) is 35.5 Å². The summed E-state index contributed by atoms with van der Waals surface area (Å²) in [4.78, 5) is 13.7. The lowest BCUT2D eigenvalue weighted by atomic mass is 9.69. The summed E-state index contributed by atoms with van der Waals surface area (Å²) in [6.45, 7) is 25.0. The Labute approximate surface area is 325 Å². The molecule has 1 unspecified atom stereocenters. The van der Waals surface area contributed by atoms with Crippen LogP contribution in [0.1, 0.15) is 108 Å². The zero-order valence-corrected chi connectivity index (χ0v) is 37.5. The van der Waals surface area contributed by atoms with E-state index in [-0.39, 0.29) is 53.8 Å². The summed E-state index contributed by atoms with van der Waals surface area (Å²) in [5.74, 6) is 1.07. The normalized spacial score (nSPS) is 28.5. The predicted octanol–water partition coefficient (Wildman–Crippen LogP) is 8.91. The number of tetrazole rings is 1. The molecule has 300 valence electrons. The van der Waals surface area contributed by atoms with E-state index in [0.29, 0.717) is 10.9 Å². The van der Waals surface area contributed by atoms with Crippen LogP contribution in [-0.2, 0) is 29.2 Å². The van der Waals surface area contributed by atoms with E-state index in [9.17, 15) is 9.00 Å². The summed E-state index contributed by atoms with van der Waals surface area (Å²) in [5.41, 5.74) is 0.00592. The van der Waals surface area contributed by atoms with Crippen LogP contribution in [0.25, 0.3) is 5.69 Å². The number of ether oxygens (including phenoxy) is 1. The van der Waals surface area contributed by atoms with Crippen molar-refractivity contribution in [1.82, 2.24) is 25.5 Å². The van der Waals surface area contributed by atoms with E-state index < -0.39 is 33.2 Å². The van der Waals surface area contributed by atoms with Crippen molar-refractivity contribution in [3.63, 3.8) is 0 Å². The van der Waals surface area contributed by atoms with Crippen molar-refractivity contribution < 1.29 is 22.6 Å². The smallest absolute Gasteiger partial charge is 0.244 e. The molecule has 10 nitrogen and oxygen atoms in total. The highest BCUT2D eigenvalue weighted by Crippen LogP contribution is 2.49. The van der Waals surface area contributed by atoms with Crippen molar-refractivity contribution in [2.75, 3.05) is 5.75 Å². The fourth-order valence-electron chi connectivity index (χ4n) is 9.14. The molecule has 2 saturated heterocycles. The molecular weight excluding hydrogens is 719 g/mol. The van der Waals surface area contributed by atoms with Crippen molar-refractivity contribution in [1.29, 1.82) is 0 Å². The Bertz CT molecular complexity index is 1440. The third-order valence-electron chi connectivity index (χ3n) is 13.6. The van der Waals surface area contributed by atoms with E-state index in [0.717, 1.165) is 74.1 Å². The van der Waals surface area contributed by atoms with E-state index in [1.807, 2.05) is 30.3 Å². The quantitative estimate of drug-likeness (QED) is 0.132. The van der Waals surface area contributed by atoms with Gasteiger partial charge in [0, 0.05) is 29.4 Å². The zero-order valence-electron chi connectivity index (χ0n) is 34.7. The van der Waals surface area contributed by atoms with Crippen LogP contribution in [0.2, 0.25) is 36.3 Å². The number of para-hydroxylation sites is 1. The number of piperidine rings is 1. The number of hydrogen-bond donors (Lipinski definition) is 1. The number of aromatic nitrogens is 4. The van der Waals surface area contributed by atoms with Crippen molar-refractivity contribution in [2.24, 2.45) is 29.6 Å². The maximum Gasteiger partial charge on any atom is 0.244 e. The van der Waals surface area contributed by atoms with E-state index in [1.165, 1.54) is 0 Å². The van der Waals surface area contributed by atoms with Gasteiger partial charge in [-0.15, -0.1) is 0 Å². The van der Waals surface area contributed by atoms with Gasteiger partial charge in [-0.25, -0.2) is 0 Å². The number of nitrogens with one attached hydrogen (secondary N) is 1. The van der Waals surface area contributed by atoms with Gasteiger partial charge in [0.05, 0.1) is 34.8 Å². The Morgan fingerprint density at radius 1 is 0.981 bits per heavy atom. The highest BCUT2D eigenvalue weighted by Gasteiger charge is 2.59. The maximum absolute atomic E-state index is 13.7. The molecule has 2 aliphatic rings. The minimum atomic E-state index is -2.01. The Kier molecular flexibility index (Phi) is 16.1. The van der Waals surface area contributed by atoms with Gasteiger partial charge >= 0.3 is 0 Å². The summed E-state index contributed by atoms with van der Waals surface area (Å²) < 4.78 is 37.4. The first-order chi connectivity index (χ1) is 25.3. The lowest BCUT2D eigenvalue weighted by Gasteiger charge is -2.58. The van der Waals surface area contributed by atoms with Gasteiger partial charge in [-0.2, -0.15) is 4.68 Å². The number of rotatable bonds is 20. The highest BCUT2D eigenvalue weighted by atomic mass is 32.2. The van der Waals surface area contributed by atoms with Crippen molar-refractivity contribution in [3.05, 3.63) is 30.3 Å². The first-order valence-corrected chi connectivity index (χ1v) is 27.3. The van der Waals surface area contributed by atoms with Gasteiger partial charge in [0.25, 0.3) is 0 Å². The molecule has 0 bridgehead atoms. The van der Waals surface area contributed by atoms with E-state index in [4.69, 9.17) is 13.6 Å². The van der Waals surface area contributed by atoms with Crippen molar-refractivity contribution in [2.45, 2.75) is 174 Å². The molecule has 0 saturated carbocycles. The zero-order chi connectivity index (χ0) is 39.0. The van der Waals surface area contributed by atoms with Crippen LogP contribution < -0.4 is 5.32 Å². The molecule has 1 amide bonds. The fraction of sp³-hybridized carbons (Fsp3) is 0.800. The molecule has 3 heterocycles. The molecule has 1 N–H and O–H groups in total. The summed E-state index contributed by atoms with van der Waals surface area (Å²) in [7, 11) is -5.35. The van der Waals surface area contributed by atoms with Crippen LogP contribution in [0, 0.1) is 29.6 Å². The standard InChI is InChI=1S/C40H71N5O5SSi2/c1-12-33-27-30(9)40(41-38(33)46)32(11)37(50-53(16-5,17-6)18-7)31(10)36(48-40)28-35(49-52(13-2,14-3)15-4)29(8)23-22-26-51(47)39-42-43-44-45(39)34-24-20-19-21-25-34/h19-21,24-25,29-33,35-37H,12-18,22-23,26-28H2,1-11H3,(H,41,46)/t29-,30-,31-,32-,33-,35-,36-,37-,40+,51?/m0/s1. The maximum atomic E-state index is 13.7. The third-order valence-corrected chi connectivity index (χ3v) is 24.2. The van der Waals surface area contributed by atoms with Crippen molar-refractivity contribution >= 4 is 33.3 Å². The SMILES string of the molecule is CC[C@H]1C[C@H](C)[C@@]2(NC1=O)O[C@@H](C[C@H](O[Si](CC)(CC)CC)[C@@H](C)CCCS(=O)c1nnnn1-c1ccccc1)[C@H](C)[C@H](O[Si](CC)(CC)CC)[C@@H]2C. The van der Waals surface area contributed by atoms with Crippen LogP contribution in [0.4, 0.5) is 0 Å². The van der Waals surface area contributed by atoms with E-state index in [2.05, 4.69) is 97.0 Å². The molecule has 2 aromatic rings. The van der Waals surface area contributed by atoms with Gasteiger partial charge in [0.2, 0.25) is 11.1 Å². The average Bonchev–Trinajstić information content (AvgIpc) is 3.68. The van der Waals surface area contributed by atoms with Gasteiger partial charge < -0.3 is 18.9 Å². The second-order valence-electron chi connectivity index (χ2n) is 16.2. The van der Waals surface area contributed by atoms with Gasteiger partial charge in [0.1, 0.15) is 5.72 Å². The Hall–Kier alpha value is -1.78. The third kappa shape index (κ3) is 9.61. The molecule has 1 spiro atoms. The number of carbonyl (C=O) groups excluding carboxylic acids is 1. The predicted molar refractivity (Wildman–Crippen MR) is 219 cm³/mol. The van der Waals surface area contributed by atoms with Gasteiger partial charge in [-0.05, 0) is 96.8 Å². The monoisotopic (exact) mass is 789 g/mol. The lowest BCUT2D eigenvalue weighted by Crippen LogP contribution is -2.72. The molecule has 0 aliphatic carbocycles. The number of benzene rings is 1. The minimum Gasteiger partial charge on any atom is -0.414 e. The minimum absolute atomic E-state index is 0.00299. The second-order valence-corrected chi connectivity index (χ2v) is 27.1. The molecule has 10 atom stereocenters. The summed E-state index contributed by atoms with van der Waals surface area (Å²) in [6.07, 6.45) is 3.78.